The van der Waals surface area contributed by atoms with Gasteiger partial charge in [0.1, 0.15) is 12.7 Å². The van der Waals surface area contributed by atoms with E-state index >= 15 is 0 Å². The first-order valence-corrected chi connectivity index (χ1v) is 11.2. The molecule has 0 aliphatic heterocycles. The minimum absolute atomic E-state index is 0.140. The summed E-state index contributed by atoms with van der Waals surface area (Å²) in [5.41, 5.74) is 6.95. The third-order valence-electron chi connectivity index (χ3n) is 6.80. The SMILES string of the molecule is CC1(C)CCC(C)(C)c2cc(CCn3cncn3)c(/C=C/c3ccc(C(=O)O)cc3)cc21. The van der Waals surface area contributed by atoms with Crippen LogP contribution in [0.1, 0.15) is 78.7 Å². The van der Waals surface area contributed by atoms with Crippen molar-refractivity contribution in [3.05, 3.63) is 82.4 Å². The van der Waals surface area contributed by atoms with Crippen molar-refractivity contribution >= 4 is 18.1 Å². The van der Waals surface area contributed by atoms with Gasteiger partial charge in [0.05, 0.1) is 5.56 Å². The highest BCUT2D eigenvalue weighted by Crippen LogP contribution is 2.46. The van der Waals surface area contributed by atoms with Crippen molar-refractivity contribution in [3.8, 4) is 0 Å². The third-order valence-corrected chi connectivity index (χ3v) is 6.80. The fourth-order valence-corrected chi connectivity index (χ4v) is 4.55. The standard InChI is InChI=1S/C27H31N3O2/c1-26(2)12-13-27(3,4)24-16-22(11-14-30-18-28-17-29-30)21(15-23(24)26)10-7-19-5-8-20(9-6-19)25(31)32/h5-10,15-18H,11-14H2,1-4H3,(H,31,32)/b10-7+. The molecule has 166 valence electrons. The molecular formula is C27H31N3O2. The minimum atomic E-state index is -0.907. The Hall–Kier alpha value is -3.21. The second-order valence-electron chi connectivity index (χ2n) is 10.0. The monoisotopic (exact) mass is 429 g/mol. The molecule has 0 fully saturated rings. The van der Waals surface area contributed by atoms with Crippen LogP contribution in [-0.2, 0) is 23.8 Å². The van der Waals surface area contributed by atoms with Crippen molar-refractivity contribution in [2.75, 3.05) is 0 Å². The Morgan fingerprint density at radius 2 is 1.69 bits per heavy atom. The molecule has 3 aromatic rings. The first-order valence-electron chi connectivity index (χ1n) is 11.2. The average molecular weight is 430 g/mol. The lowest BCUT2D eigenvalue weighted by atomic mass is 9.62. The van der Waals surface area contributed by atoms with Gasteiger partial charge in [-0.1, -0.05) is 64.1 Å². The van der Waals surface area contributed by atoms with Crippen molar-refractivity contribution in [2.45, 2.75) is 64.3 Å². The Bertz CT molecular complexity index is 1140. The maximum absolute atomic E-state index is 11.1. The Balaban J connectivity index is 1.73. The van der Waals surface area contributed by atoms with Gasteiger partial charge in [-0.05, 0) is 70.0 Å². The number of aromatic carboxylic acids is 1. The van der Waals surface area contributed by atoms with Crippen LogP contribution in [0.25, 0.3) is 12.2 Å². The topological polar surface area (TPSA) is 68.0 Å². The lowest BCUT2D eigenvalue weighted by Crippen LogP contribution is -2.34. The van der Waals surface area contributed by atoms with E-state index in [0.717, 1.165) is 18.5 Å². The second-order valence-corrected chi connectivity index (χ2v) is 10.0. The number of carboxylic acids is 1. The van der Waals surface area contributed by atoms with Crippen molar-refractivity contribution in [3.63, 3.8) is 0 Å². The molecule has 0 unspecified atom stereocenters. The Morgan fingerprint density at radius 1 is 1.03 bits per heavy atom. The molecule has 1 N–H and O–H groups in total. The van der Waals surface area contributed by atoms with Crippen LogP contribution in [0.3, 0.4) is 0 Å². The first kappa shape index (κ1) is 22.0. The largest absolute Gasteiger partial charge is 0.478 e. The van der Waals surface area contributed by atoms with Gasteiger partial charge < -0.3 is 5.11 Å². The third kappa shape index (κ3) is 4.52. The van der Waals surface area contributed by atoms with Crippen LogP contribution in [0.5, 0.6) is 0 Å². The number of aryl methyl sites for hydroxylation is 2. The molecule has 1 aromatic heterocycles. The fraction of sp³-hybridized carbons (Fsp3) is 0.370. The summed E-state index contributed by atoms with van der Waals surface area (Å²) in [5, 5.41) is 13.4. The van der Waals surface area contributed by atoms with Crippen LogP contribution in [-0.4, -0.2) is 25.8 Å². The van der Waals surface area contributed by atoms with E-state index in [9.17, 15) is 4.79 Å². The highest BCUT2D eigenvalue weighted by molar-refractivity contribution is 5.88. The van der Waals surface area contributed by atoms with Crippen molar-refractivity contribution < 1.29 is 9.90 Å². The van der Waals surface area contributed by atoms with Gasteiger partial charge in [0.15, 0.2) is 0 Å². The van der Waals surface area contributed by atoms with E-state index in [1.165, 1.54) is 35.1 Å². The van der Waals surface area contributed by atoms with E-state index in [1.54, 1.807) is 24.8 Å². The number of rotatable bonds is 6. The molecule has 2 aromatic carbocycles. The zero-order valence-corrected chi connectivity index (χ0v) is 19.3. The normalized spacial score (nSPS) is 16.8. The Morgan fingerprint density at radius 3 is 2.28 bits per heavy atom. The van der Waals surface area contributed by atoms with Gasteiger partial charge in [0, 0.05) is 6.54 Å². The number of carbonyl (C=O) groups is 1. The van der Waals surface area contributed by atoms with Gasteiger partial charge in [0.25, 0.3) is 0 Å². The maximum atomic E-state index is 11.1. The van der Waals surface area contributed by atoms with E-state index in [-0.39, 0.29) is 10.8 Å². The van der Waals surface area contributed by atoms with Gasteiger partial charge in [-0.2, -0.15) is 5.10 Å². The minimum Gasteiger partial charge on any atom is -0.478 e. The molecule has 4 rings (SSSR count). The number of nitrogens with zero attached hydrogens (tertiary/aromatic N) is 3. The summed E-state index contributed by atoms with van der Waals surface area (Å²) in [4.78, 5) is 15.2. The molecule has 0 bridgehead atoms. The molecule has 32 heavy (non-hydrogen) atoms. The first-order chi connectivity index (χ1) is 15.2. The quantitative estimate of drug-likeness (QED) is 0.508. The second kappa shape index (κ2) is 8.38. The van der Waals surface area contributed by atoms with E-state index in [0.29, 0.717) is 5.56 Å². The van der Waals surface area contributed by atoms with Crippen LogP contribution in [0, 0.1) is 0 Å². The zero-order chi connectivity index (χ0) is 22.9. The van der Waals surface area contributed by atoms with Gasteiger partial charge >= 0.3 is 5.97 Å². The van der Waals surface area contributed by atoms with Crippen molar-refractivity contribution in [1.82, 2.24) is 14.8 Å². The molecular weight excluding hydrogens is 398 g/mol. The molecule has 0 saturated carbocycles. The van der Waals surface area contributed by atoms with E-state index in [1.807, 2.05) is 16.8 Å². The van der Waals surface area contributed by atoms with Crippen LogP contribution in [0.15, 0.2) is 49.1 Å². The predicted octanol–water partition coefficient (Wildman–Crippen LogP) is 5.74. The highest BCUT2D eigenvalue weighted by Gasteiger charge is 2.37. The molecule has 0 saturated heterocycles. The smallest absolute Gasteiger partial charge is 0.335 e. The summed E-state index contributed by atoms with van der Waals surface area (Å²) in [5.74, 6) is -0.907. The van der Waals surface area contributed by atoms with E-state index < -0.39 is 5.97 Å². The lowest BCUT2D eigenvalue weighted by molar-refractivity contribution is 0.0697. The number of benzene rings is 2. The molecule has 5 heteroatoms. The van der Waals surface area contributed by atoms with Gasteiger partial charge in [-0.15, -0.1) is 0 Å². The summed E-state index contributed by atoms with van der Waals surface area (Å²) >= 11 is 0. The van der Waals surface area contributed by atoms with Gasteiger partial charge in [-0.3, -0.25) is 4.68 Å². The van der Waals surface area contributed by atoms with E-state index in [4.69, 9.17) is 5.11 Å². The molecule has 1 aliphatic rings. The molecule has 1 aliphatic carbocycles. The van der Waals surface area contributed by atoms with Crippen LogP contribution in [0.4, 0.5) is 0 Å². The van der Waals surface area contributed by atoms with E-state index in [2.05, 4.69) is 62.1 Å². The number of aromatic nitrogens is 3. The number of fused-ring (bicyclic) bond motifs is 1. The summed E-state index contributed by atoms with van der Waals surface area (Å²) in [6.45, 7) is 10.2. The van der Waals surface area contributed by atoms with Crippen molar-refractivity contribution in [1.29, 1.82) is 0 Å². The molecule has 0 spiro atoms. The number of hydrogen-bond acceptors (Lipinski definition) is 3. The predicted molar refractivity (Wildman–Crippen MR) is 128 cm³/mol. The van der Waals surface area contributed by atoms with Gasteiger partial charge in [0.2, 0.25) is 0 Å². The summed E-state index contributed by atoms with van der Waals surface area (Å²) in [6.07, 6.45) is 10.8. The van der Waals surface area contributed by atoms with Gasteiger partial charge in [-0.25, -0.2) is 9.78 Å². The summed E-state index contributed by atoms with van der Waals surface area (Å²) in [6, 6.07) is 11.8. The molecule has 1 heterocycles. The molecule has 5 nitrogen and oxygen atoms in total. The summed E-state index contributed by atoms with van der Waals surface area (Å²) < 4.78 is 1.87. The highest BCUT2D eigenvalue weighted by atomic mass is 16.4. The van der Waals surface area contributed by atoms with Crippen LogP contribution in [0.2, 0.25) is 0 Å². The number of hydrogen-bond donors (Lipinski definition) is 1. The molecule has 0 amide bonds. The Labute approximate surface area is 189 Å². The van der Waals surface area contributed by atoms with Crippen molar-refractivity contribution in [2.24, 2.45) is 0 Å². The molecule has 0 atom stereocenters. The molecule has 0 radical (unpaired) electrons. The zero-order valence-electron chi connectivity index (χ0n) is 19.3. The van der Waals surface area contributed by atoms with Crippen LogP contribution < -0.4 is 0 Å². The summed E-state index contributed by atoms with van der Waals surface area (Å²) in [7, 11) is 0. The maximum Gasteiger partial charge on any atom is 0.335 e. The Kier molecular flexibility index (Phi) is 5.76. The fourth-order valence-electron chi connectivity index (χ4n) is 4.55. The average Bonchev–Trinajstić information content (AvgIpc) is 3.28. The van der Waals surface area contributed by atoms with Crippen LogP contribution >= 0.6 is 0 Å². The lowest BCUT2D eigenvalue weighted by Gasteiger charge is -2.42. The number of carboxylic acid groups (broad SMARTS) is 1.